The van der Waals surface area contributed by atoms with E-state index in [2.05, 4.69) is 48.1 Å². The molecule has 2 unspecified atom stereocenters. The molecule has 0 aliphatic rings. The summed E-state index contributed by atoms with van der Waals surface area (Å²) in [7, 11) is 0. The number of rotatable bonds is 6. The monoisotopic (exact) mass is 317 g/mol. The molecule has 2 atom stereocenters. The van der Waals surface area contributed by atoms with Gasteiger partial charge in [0.2, 0.25) is 0 Å². The van der Waals surface area contributed by atoms with E-state index in [9.17, 15) is 0 Å². The summed E-state index contributed by atoms with van der Waals surface area (Å²) < 4.78 is 1.09. The van der Waals surface area contributed by atoms with Crippen LogP contribution in [0, 0.1) is 5.92 Å². The average Bonchev–Trinajstić information content (AvgIpc) is 2.33. The summed E-state index contributed by atoms with van der Waals surface area (Å²) in [5.74, 6) is 0.577. The Hall–Kier alpha value is -0.0500. The molecule has 96 valence electrons. The first-order chi connectivity index (χ1) is 8.10. The van der Waals surface area contributed by atoms with E-state index >= 15 is 0 Å². The minimum absolute atomic E-state index is 0.338. The number of hydrogen-bond donors (Lipinski definition) is 1. The summed E-state index contributed by atoms with van der Waals surface area (Å²) in [5.41, 5.74) is 1.20. The average molecular weight is 319 g/mol. The van der Waals surface area contributed by atoms with Crippen LogP contribution >= 0.6 is 27.5 Å². The summed E-state index contributed by atoms with van der Waals surface area (Å²) in [6.45, 7) is 7.70. The lowest BCUT2D eigenvalue weighted by Crippen LogP contribution is -2.27. The van der Waals surface area contributed by atoms with Crippen LogP contribution in [0.2, 0.25) is 5.02 Å². The summed E-state index contributed by atoms with van der Waals surface area (Å²) in [6, 6.07) is 6.41. The molecule has 0 aromatic heterocycles. The molecule has 0 saturated heterocycles. The maximum atomic E-state index is 6.31. The number of benzene rings is 1. The fraction of sp³-hybridized carbons (Fsp3) is 0.571. The van der Waals surface area contributed by atoms with Gasteiger partial charge in [-0.1, -0.05) is 54.7 Å². The molecule has 0 radical (unpaired) electrons. The molecule has 0 aliphatic heterocycles. The number of hydrogen-bond acceptors (Lipinski definition) is 1. The summed E-state index contributed by atoms with van der Waals surface area (Å²) in [5, 5.41) is 4.45. The first kappa shape index (κ1) is 15.0. The lowest BCUT2D eigenvalue weighted by molar-refractivity contribution is 0.377. The maximum absolute atomic E-state index is 6.31. The predicted molar refractivity (Wildman–Crippen MR) is 79.6 cm³/mol. The molecule has 0 heterocycles. The van der Waals surface area contributed by atoms with E-state index in [-0.39, 0.29) is 0 Å². The van der Waals surface area contributed by atoms with E-state index in [0.29, 0.717) is 12.0 Å². The highest BCUT2D eigenvalue weighted by molar-refractivity contribution is 9.10. The van der Waals surface area contributed by atoms with Crippen LogP contribution in [0.4, 0.5) is 0 Å². The molecule has 1 nitrogen and oxygen atoms in total. The third-order valence-corrected chi connectivity index (χ3v) is 3.96. The van der Waals surface area contributed by atoms with Gasteiger partial charge >= 0.3 is 0 Å². The first-order valence-electron chi connectivity index (χ1n) is 6.28. The Morgan fingerprint density at radius 3 is 2.65 bits per heavy atom. The lowest BCUT2D eigenvalue weighted by Gasteiger charge is -2.26. The van der Waals surface area contributed by atoms with Gasteiger partial charge in [0.1, 0.15) is 0 Å². The van der Waals surface area contributed by atoms with Crippen LogP contribution in [-0.4, -0.2) is 6.54 Å². The first-order valence-corrected chi connectivity index (χ1v) is 7.45. The van der Waals surface area contributed by atoms with Crippen molar-refractivity contribution < 1.29 is 0 Å². The van der Waals surface area contributed by atoms with Crippen molar-refractivity contribution in [3.63, 3.8) is 0 Å². The van der Waals surface area contributed by atoms with Crippen molar-refractivity contribution in [2.75, 3.05) is 6.54 Å². The van der Waals surface area contributed by atoms with Gasteiger partial charge in [0, 0.05) is 15.5 Å². The van der Waals surface area contributed by atoms with E-state index in [1.54, 1.807) is 0 Å². The molecule has 1 aromatic carbocycles. The van der Waals surface area contributed by atoms with E-state index in [1.165, 1.54) is 5.56 Å². The lowest BCUT2D eigenvalue weighted by atomic mass is 9.92. The molecule has 0 fully saturated rings. The van der Waals surface area contributed by atoms with Crippen LogP contribution in [0.15, 0.2) is 22.7 Å². The van der Waals surface area contributed by atoms with Crippen molar-refractivity contribution in [3.8, 4) is 0 Å². The molecule has 1 N–H and O–H groups in total. The second-order valence-electron chi connectivity index (χ2n) is 4.48. The molecule has 0 bridgehead atoms. The summed E-state index contributed by atoms with van der Waals surface area (Å²) in [6.07, 6.45) is 2.28. The molecule has 3 heteroatoms. The van der Waals surface area contributed by atoms with Gasteiger partial charge in [-0.25, -0.2) is 0 Å². The smallest absolute Gasteiger partial charge is 0.0454 e. The number of halogens is 2. The minimum atomic E-state index is 0.338. The molecular formula is C14H21BrClN. The third-order valence-electron chi connectivity index (χ3n) is 3.12. The zero-order valence-corrected chi connectivity index (χ0v) is 13.1. The largest absolute Gasteiger partial charge is 0.310 e. The van der Waals surface area contributed by atoms with E-state index in [1.807, 2.05) is 12.1 Å². The fourth-order valence-electron chi connectivity index (χ4n) is 1.91. The standard InChI is InChI=1S/C14H21BrClN/c1-4-8-17-14(10(3)5-2)12-9-11(15)6-7-13(12)16/h6-7,9-10,14,17H,4-5,8H2,1-3H3. The Morgan fingerprint density at radius 2 is 2.06 bits per heavy atom. The van der Waals surface area contributed by atoms with Gasteiger partial charge in [-0.15, -0.1) is 0 Å². The molecular weight excluding hydrogens is 298 g/mol. The van der Waals surface area contributed by atoms with Crippen LogP contribution < -0.4 is 5.32 Å². The topological polar surface area (TPSA) is 12.0 Å². The van der Waals surface area contributed by atoms with E-state index in [4.69, 9.17) is 11.6 Å². The van der Waals surface area contributed by atoms with E-state index < -0.39 is 0 Å². The normalized spacial score (nSPS) is 14.6. The van der Waals surface area contributed by atoms with Crippen molar-refractivity contribution in [3.05, 3.63) is 33.3 Å². The van der Waals surface area contributed by atoms with Crippen molar-refractivity contribution in [1.29, 1.82) is 0 Å². The quantitative estimate of drug-likeness (QED) is 0.761. The second-order valence-corrected chi connectivity index (χ2v) is 5.81. The Morgan fingerprint density at radius 1 is 1.35 bits per heavy atom. The van der Waals surface area contributed by atoms with Gasteiger partial charge < -0.3 is 5.32 Å². The van der Waals surface area contributed by atoms with Gasteiger partial charge in [0.05, 0.1) is 0 Å². The Balaban J connectivity index is 2.98. The molecule has 0 amide bonds. The highest BCUT2D eigenvalue weighted by Crippen LogP contribution is 2.32. The fourth-order valence-corrected chi connectivity index (χ4v) is 2.52. The SMILES string of the molecule is CCCNC(c1cc(Br)ccc1Cl)C(C)CC. The highest BCUT2D eigenvalue weighted by Gasteiger charge is 2.19. The second kappa shape index (κ2) is 7.40. The summed E-state index contributed by atoms with van der Waals surface area (Å²) >= 11 is 9.83. The van der Waals surface area contributed by atoms with Crippen molar-refractivity contribution in [2.45, 2.75) is 39.7 Å². The van der Waals surface area contributed by atoms with Crippen LogP contribution in [0.25, 0.3) is 0 Å². The van der Waals surface area contributed by atoms with Gasteiger partial charge in [-0.3, -0.25) is 0 Å². The van der Waals surface area contributed by atoms with Gasteiger partial charge in [0.15, 0.2) is 0 Å². The molecule has 1 rings (SSSR count). The van der Waals surface area contributed by atoms with Crippen molar-refractivity contribution >= 4 is 27.5 Å². The molecule has 17 heavy (non-hydrogen) atoms. The Labute approximate surface area is 118 Å². The van der Waals surface area contributed by atoms with E-state index in [0.717, 1.165) is 28.9 Å². The zero-order valence-electron chi connectivity index (χ0n) is 10.8. The third kappa shape index (κ3) is 4.27. The van der Waals surface area contributed by atoms with Crippen LogP contribution in [-0.2, 0) is 0 Å². The Kier molecular flexibility index (Phi) is 6.53. The van der Waals surface area contributed by atoms with Crippen LogP contribution in [0.1, 0.15) is 45.2 Å². The molecule has 0 aliphatic carbocycles. The van der Waals surface area contributed by atoms with Gasteiger partial charge in [-0.2, -0.15) is 0 Å². The highest BCUT2D eigenvalue weighted by atomic mass is 79.9. The maximum Gasteiger partial charge on any atom is 0.0454 e. The minimum Gasteiger partial charge on any atom is -0.310 e. The molecule has 1 aromatic rings. The van der Waals surface area contributed by atoms with Crippen molar-refractivity contribution in [1.82, 2.24) is 5.32 Å². The van der Waals surface area contributed by atoms with Gasteiger partial charge in [-0.05, 0) is 42.6 Å². The zero-order chi connectivity index (χ0) is 12.8. The molecule has 0 spiro atoms. The predicted octanol–water partition coefficient (Wildman–Crippen LogP) is 5.19. The molecule has 0 saturated carbocycles. The number of nitrogens with one attached hydrogen (secondary N) is 1. The summed E-state index contributed by atoms with van der Waals surface area (Å²) in [4.78, 5) is 0. The Bertz CT molecular complexity index is 354. The van der Waals surface area contributed by atoms with Crippen LogP contribution in [0.3, 0.4) is 0 Å². The van der Waals surface area contributed by atoms with Crippen molar-refractivity contribution in [2.24, 2.45) is 5.92 Å². The van der Waals surface area contributed by atoms with Gasteiger partial charge in [0.25, 0.3) is 0 Å². The van der Waals surface area contributed by atoms with Crippen LogP contribution in [0.5, 0.6) is 0 Å².